The monoisotopic (exact) mass is 271 g/mol. The van der Waals surface area contributed by atoms with Crippen LogP contribution in [0.1, 0.15) is 24.2 Å². The molecule has 0 bridgehead atoms. The largest absolute Gasteiger partial charge is 0.355 e. The molecule has 0 aromatic carbocycles. The summed E-state index contributed by atoms with van der Waals surface area (Å²) in [5.41, 5.74) is -0.432. The van der Waals surface area contributed by atoms with Crippen molar-refractivity contribution in [3.8, 4) is 0 Å². The summed E-state index contributed by atoms with van der Waals surface area (Å²) in [6, 6.07) is 1.08. The van der Waals surface area contributed by atoms with Crippen molar-refractivity contribution in [1.29, 1.82) is 0 Å². The number of nitrogens with zero attached hydrogens (tertiary/aromatic N) is 2. The molecule has 0 saturated carbocycles. The van der Waals surface area contributed by atoms with E-state index in [0.717, 1.165) is 17.2 Å². The molecule has 0 atom stereocenters. The fraction of sp³-hybridized carbons (Fsp3) is 0.417. The van der Waals surface area contributed by atoms with Crippen molar-refractivity contribution in [1.82, 2.24) is 15.2 Å². The van der Waals surface area contributed by atoms with Crippen LogP contribution in [0.4, 0.5) is 8.78 Å². The number of carbonyl (C=O) groups is 2. The zero-order valence-corrected chi connectivity index (χ0v) is 10.7. The van der Waals surface area contributed by atoms with E-state index in [4.69, 9.17) is 0 Å². The van der Waals surface area contributed by atoms with Gasteiger partial charge in [-0.3, -0.25) is 9.59 Å². The molecule has 2 amide bonds. The molecule has 1 heterocycles. The highest BCUT2D eigenvalue weighted by Gasteiger charge is 2.22. The van der Waals surface area contributed by atoms with Crippen molar-refractivity contribution in [2.24, 2.45) is 0 Å². The molecular weight excluding hydrogens is 256 g/mol. The molecule has 19 heavy (non-hydrogen) atoms. The minimum absolute atomic E-state index is 0.202. The smallest absolute Gasteiger partial charge is 0.257 e. The lowest BCUT2D eigenvalue weighted by Gasteiger charge is -2.20. The maximum Gasteiger partial charge on any atom is 0.257 e. The molecule has 0 radical (unpaired) electrons. The molecule has 0 saturated heterocycles. The third-order valence-electron chi connectivity index (χ3n) is 2.45. The van der Waals surface area contributed by atoms with Gasteiger partial charge < -0.3 is 10.2 Å². The fourth-order valence-electron chi connectivity index (χ4n) is 1.51. The van der Waals surface area contributed by atoms with E-state index in [0.29, 0.717) is 6.54 Å². The van der Waals surface area contributed by atoms with Gasteiger partial charge >= 0.3 is 0 Å². The molecule has 0 aliphatic heterocycles. The van der Waals surface area contributed by atoms with Gasteiger partial charge in [-0.1, -0.05) is 0 Å². The molecule has 0 fully saturated rings. The first-order valence-electron chi connectivity index (χ1n) is 5.87. The van der Waals surface area contributed by atoms with Gasteiger partial charge in [-0.25, -0.2) is 9.37 Å². The molecule has 0 aliphatic carbocycles. The van der Waals surface area contributed by atoms with Gasteiger partial charge in [0.15, 0.2) is 5.82 Å². The van der Waals surface area contributed by atoms with Gasteiger partial charge in [0.1, 0.15) is 0 Å². The summed E-state index contributed by atoms with van der Waals surface area (Å²) in [5.74, 6) is -3.73. The van der Waals surface area contributed by atoms with Crippen molar-refractivity contribution in [2.45, 2.75) is 13.8 Å². The molecule has 7 heteroatoms. The van der Waals surface area contributed by atoms with Crippen LogP contribution in [-0.4, -0.2) is 41.3 Å². The lowest BCUT2D eigenvalue weighted by molar-refractivity contribution is -0.121. The minimum Gasteiger partial charge on any atom is -0.355 e. The molecule has 0 spiro atoms. The summed E-state index contributed by atoms with van der Waals surface area (Å²) in [5, 5.41) is 2.53. The zero-order valence-electron chi connectivity index (χ0n) is 10.7. The lowest BCUT2D eigenvalue weighted by atomic mass is 10.2. The zero-order chi connectivity index (χ0) is 14.4. The third-order valence-corrected chi connectivity index (χ3v) is 2.45. The van der Waals surface area contributed by atoms with Crippen LogP contribution >= 0.6 is 0 Å². The Morgan fingerprint density at radius 2 is 2.05 bits per heavy atom. The SMILES string of the molecule is CCNC(=O)CN(CC)C(=O)c1ccnc(F)c1F. The van der Waals surface area contributed by atoms with Crippen molar-refractivity contribution < 1.29 is 18.4 Å². The van der Waals surface area contributed by atoms with E-state index in [1.165, 1.54) is 0 Å². The summed E-state index contributed by atoms with van der Waals surface area (Å²) in [6.07, 6.45) is 1.01. The number of aromatic nitrogens is 1. The van der Waals surface area contributed by atoms with Crippen LogP contribution in [0.15, 0.2) is 12.3 Å². The molecule has 1 rings (SSSR count). The van der Waals surface area contributed by atoms with Crippen LogP contribution < -0.4 is 5.32 Å². The highest BCUT2D eigenvalue weighted by Crippen LogP contribution is 2.11. The number of hydrogen-bond donors (Lipinski definition) is 1. The van der Waals surface area contributed by atoms with Gasteiger partial charge in [0, 0.05) is 19.3 Å². The summed E-state index contributed by atoms with van der Waals surface area (Å²) < 4.78 is 26.4. The van der Waals surface area contributed by atoms with Crippen molar-refractivity contribution >= 4 is 11.8 Å². The predicted octanol–water partition coefficient (Wildman–Crippen LogP) is 0.958. The molecule has 0 aliphatic rings. The highest BCUT2D eigenvalue weighted by atomic mass is 19.2. The van der Waals surface area contributed by atoms with Crippen LogP contribution in [-0.2, 0) is 4.79 Å². The third kappa shape index (κ3) is 3.70. The van der Waals surface area contributed by atoms with Crippen LogP contribution in [0.2, 0.25) is 0 Å². The van der Waals surface area contributed by atoms with Gasteiger partial charge in [-0.15, -0.1) is 0 Å². The first kappa shape index (κ1) is 15.0. The Labute approximate surface area is 109 Å². The van der Waals surface area contributed by atoms with Gasteiger partial charge in [0.05, 0.1) is 12.1 Å². The highest BCUT2D eigenvalue weighted by molar-refractivity contribution is 5.96. The van der Waals surface area contributed by atoms with Crippen LogP contribution in [0, 0.1) is 11.8 Å². The van der Waals surface area contributed by atoms with Crippen molar-refractivity contribution in [2.75, 3.05) is 19.6 Å². The minimum atomic E-state index is -1.33. The molecule has 5 nitrogen and oxygen atoms in total. The molecule has 1 N–H and O–H groups in total. The van der Waals surface area contributed by atoms with Crippen molar-refractivity contribution in [3.05, 3.63) is 29.6 Å². The summed E-state index contributed by atoms with van der Waals surface area (Å²) >= 11 is 0. The standard InChI is InChI=1S/C12H15F2N3O2/c1-3-15-9(18)7-17(4-2)12(19)8-5-6-16-11(14)10(8)13/h5-6H,3-4,7H2,1-2H3,(H,15,18). The van der Waals surface area contributed by atoms with Crippen LogP contribution in [0.3, 0.4) is 0 Å². The summed E-state index contributed by atoms with van der Waals surface area (Å²) in [7, 11) is 0. The Balaban J connectivity index is 2.89. The number of carbonyl (C=O) groups excluding carboxylic acids is 2. The average molecular weight is 271 g/mol. The van der Waals surface area contributed by atoms with E-state index in [1.54, 1.807) is 13.8 Å². The molecule has 104 valence electrons. The van der Waals surface area contributed by atoms with E-state index in [1.807, 2.05) is 0 Å². The number of halogens is 2. The Morgan fingerprint density at radius 3 is 2.63 bits per heavy atom. The van der Waals surface area contributed by atoms with Gasteiger partial charge in [-0.05, 0) is 19.9 Å². The fourth-order valence-corrected chi connectivity index (χ4v) is 1.51. The number of rotatable bonds is 5. The van der Waals surface area contributed by atoms with E-state index < -0.39 is 23.2 Å². The second-order valence-electron chi connectivity index (χ2n) is 3.74. The average Bonchev–Trinajstić information content (AvgIpc) is 2.39. The number of nitrogens with one attached hydrogen (secondary N) is 1. The Kier molecular flexibility index (Phi) is 5.35. The van der Waals surface area contributed by atoms with Gasteiger partial charge in [-0.2, -0.15) is 4.39 Å². The quantitative estimate of drug-likeness (QED) is 0.811. The Bertz CT molecular complexity index is 480. The first-order valence-corrected chi connectivity index (χ1v) is 5.87. The normalized spacial score (nSPS) is 10.1. The topological polar surface area (TPSA) is 62.3 Å². The Hall–Kier alpha value is -2.05. The number of hydrogen-bond acceptors (Lipinski definition) is 3. The van der Waals surface area contributed by atoms with E-state index >= 15 is 0 Å². The number of likely N-dealkylation sites (N-methyl/N-ethyl adjacent to an activating group) is 2. The second kappa shape index (κ2) is 6.77. The van der Waals surface area contributed by atoms with Crippen LogP contribution in [0.25, 0.3) is 0 Å². The summed E-state index contributed by atoms with van der Waals surface area (Å²) in [6.45, 7) is 3.83. The molecular formula is C12H15F2N3O2. The predicted molar refractivity (Wildman–Crippen MR) is 64.4 cm³/mol. The maximum atomic E-state index is 13.4. The first-order chi connectivity index (χ1) is 9.01. The lowest BCUT2D eigenvalue weighted by Crippen LogP contribution is -2.40. The van der Waals surface area contributed by atoms with Crippen LogP contribution in [0.5, 0.6) is 0 Å². The number of amides is 2. The maximum absolute atomic E-state index is 13.4. The van der Waals surface area contributed by atoms with Crippen molar-refractivity contribution in [3.63, 3.8) is 0 Å². The molecule has 0 unspecified atom stereocenters. The second-order valence-corrected chi connectivity index (χ2v) is 3.74. The van der Waals surface area contributed by atoms with E-state index in [9.17, 15) is 18.4 Å². The molecule has 1 aromatic heterocycles. The molecule has 1 aromatic rings. The Morgan fingerprint density at radius 1 is 1.37 bits per heavy atom. The van der Waals surface area contributed by atoms with Gasteiger partial charge in [0.25, 0.3) is 5.91 Å². The summed E-state index contributed by atoms with van der Waals surface area (Å²) in [4.78, 5) is 27.6. The van der Waals surface area contributed by atoms with Gasteiger partial charge in [0.2, 0.25) is 11.9 Å². The number of pyridine rings is 1. The van der Waals surface area contributed by atoms with E-state index in [-0.39, 0.29) is 19.0 Å². The van der Waals surface area contributed by atoms with E-state index in [2.05, 4.69) is 10.3 Å².